The van der Waals surface area contributed by atoms with Crippen molar-refractivity contribution in [1.82, 2.24) is 5.43 Å². The van der Waals surface area contributed by atoms with E-state index in [0.29, 0.717) is 10.2 Å². The highest BCUT2D eigenvalue weighted by atomic mass is 79.9. The summed E-state index contributed by atoms with van der Waals surface area (Å²) in [4.78, 5) is 12.5. The molecule has 0 spiro atoms. The van der Waals surface area contributed by atoms with Crippen LogP contribution in [0.5, 0.6) is 5.75 Å². The zero-order chi connectivity index (χ0) is 23.1. The Labute approximate surface area is 203 Å². The Hall–Kier alpha value is -2.69. The summed E-state index contributed by atoms with van der Waals surface area (Å²) in [6.07, 6.45) is 1.48. The second kappa shape index (κ2) is 10.8. The number of ether oxygens (including phenoxy) is 1. The molecule has 7 nitrogen and oxygen atoms in total. The number of benzene rings is 3. The highest BCUT2D eigenvalue weighted by Crippen LogP contribution is 2.32. The number of nitrogens with one attached hydrogen (secondary N) is 1. The maximum absolute atomic E-state index is 13.5. The summed E-state index contributed by atoms with van der Waals surface area (Å²) in [6, 6.07) is 20.4. The molecule has 1 N–H and O–H groups in total. The monoisotopic (exact) mass is 579 g/mol. The number of methoxy groups -OCH3 is 1. The van der Waals surface area contributed by atoms with Crippen molar-refractivity contribution in [2.75, 3.05) is 18.0 Å². The maximum Gasteiger partial charge on any atom is 0.268 e. The average molecular weight is 581 g/mol. The summed E-state index contributed by atoms with van der Waals surface area (Å²) in [6.45, 7) is -0.473. The summed E-state index contributed by atoms with van der Waals surface area (Å²) in [5.41, 5.74) is 3.49. The number of rotatable bonds is 8. The first-order chi connectivity index (χ1) is 15.3. The minimum Gasteiger partial charge on any atom is -0.495 e. The van der Waals surface area contributed by atoms with Gasteiger partial charge in [0.25, 0.3) is 15.9 Å². The second-order valence-corrected chi connectivity index (χ2v) is 10.1. The van der Waals surface area contributed by atoms with E-state index in [1.807, 2.05) is 24.3 Å². The molecular formula is C22H19Br2N3O4S. The number of anilines is 1. The molecule has 32 heavy (non-hydrogen) atoms. The van der Waals surface area contributed by atoms with Gasteiger partial charge in [-0.25, -0.2) is 13.8 Å². The largest absolute Gasteiger partial charge is 0.495 e. The molecule has 10 heteroatoms. The van der Waals surface area contributed by atoms with Gasteiger partial charge < -0.3 is 4.74 Å². The molecule has 3 aromatic rings. The highest BCUT2D eigenvalue weighted by molar-refractivity contribution is 9.10. The lowest BCUT2D eigenvalue weighted by molar-refractivity contribution is -0.119. The Morgan fingerprint density at radius 2 is 1.69 bits per heavy atom. The summed E-state index contributed by atoms with van der Waals surface area (Å²) < 4.78 is 34.8. The Morgan fingerprint density at radius 3 is 2.34 bits per heavy atom. The van der Waals surface area contributed by atoms with Crippen LogP contribution < -0.4 is 14.5 Å². The molecule has 0 atom stereocenters. The third kappa shape index (κ3) is 5.96. The van der Waals surface area contributed by atoms with Crippen LogP contribution in [-0.4, -0.2) is 34.2 Å². The number of hydrogen-bond donors (Lipinski definition) is 1. The number of amides is 1. The van der Waals surface area contributed by atoms with E-state index in [-0.39, 0.29) is 10.6 Å². The molecular weight excluding hydrogens is 562 g/mol. The molecule has 0 radical (unpaired) electrons. The number of halogens is 2. The lowest BCUT2D eigenvalue weighted by Crippen LogP contribution is -2.39. The second-order valence-electron chi connectivity index (χ2n) is 6.49. The van der Waals surface area contributed by atoms with Crippen LogP contribution in [0.3, 0.4) is 0 Å². The lowest BCUT2D eigenvalue weighted by atomic mass is 10.2. The van der Waals surface area contributed by atoms with Crippen LogP contribution in [0.1, 0.15) is 5.56 Å². The van der Waals surface area contributed by atoms with Crippen molar-refractivity contribution >= 4 is 59.7 Å². The van der Waals surface area contributed by atoms with Crippen molar-refractivity contribution < 1.29 is 17.9 Å². The van der Waals surface area contributed by atoms with Crippen LogP contribution in [-0.2, 0) is 14.8 Å². The van der Waals surface area contributed by atoms with Crippen LogP contribution in [0.2, 0.25) is 0 Å². The molecule has 0 aliphatic rings. The molecule has 1 amide bonds. The fourth-order valence-electron chi connectivity index (χ4n) is 2.77. The highest BCUT2D eigenvalue weighted by Gasteiger charge is 2.30. The van der Waals surface area contributed by atoms with Crippen molar-refractivity contribution in [3.05, 3.63) is 87.3 Å². The Balaban J connectivity index is 1.88. The molecule has 0 aliphatic carbocycles. The fraction of sp³-hybridized carbons (Fsp3) is 0.0909. The molecule has 3 rings (SSSR count). The molecule has 0 saturated carbocycles. The number of nitrogens with zero attached hydrogens (tertiary/aromatic N) is 2. The molecule has 0 unspecified atom stereocenters. The van der Waals surface area contributed by atoms with Gasteiger partial charge in [0, 0.05) is 8.95 Å². The van der Waals surface area contributed by atoms with Gasteiger partial charge in [-0.3, -0.25) is 9.10 Å². The number of carbonyl (C=O) groups is 1. The number of hydrogen-bond acceptors (Lipinski definition) is 5. The molecule has 166 valence electrons. The first-order valence-electron chi connectivity index (χ1n) is 9.30. The standard InChI is InChI=1S/C22H19Br2N3O4S/c1-31-20-12-11-18(24)13-21(20)32(29,30)27(19-5-3-2-4-6-19)15-22(28)26-25-14-16-7-9-17(23)10-8-16/h2-14H,15H2,1H3,(H,26,28)/b25-14-. The summed E-state index contributed by atoms with van der Waals surface area (Å²) >= 11 is 6.65. The molecule has 0 aliphatic heterocycles. The number of sulfonamides is 1. The van der Waals surface area contributed by atoms with Crippen LogP contribution in [0.25, 0.3) is 0 Å². The van der Waals surface area contributed by atoms with Crippen molar-refractivity contribution in [2.24, 2.45) is 5.10 Å². The number of hydrazone groups is 1. The molecule has 0 fully saturated rings. The van der Waals surface area contributed by atoms with Gasteiger partial charge in [0.1, 0.15) is 17.2 Å². The fourth-order valence-corrected chi connectivity index (χ4v) is 5.16. The van der Waals surface area contributed by atoms with Crippen LogP contribution in [0.4, 0.5) is 5.69 Å². The number of carbonyl (C=O) groups excluding carboxylic acids is 1. The summed E-state index contributed by atoms with van der Waals surface area (Å²) in [5, 5.41) is 3.93. The van der Waals surface area contributed by atoms with Gasteiger partial charge in [0.05, 0.1) is 19.0 Å². The quantitative estimate of drug-likeness (QED) is 0.312. The van der Waals surface area contributed by atoms with Crippen molar-refractivity contribution in [2.45, 2.75) is 4.90 Å². The summed E-state index contributed by atoms with van der Waals surface area (Å²) in [5.74, 6) is -0.428. The predicted molar refractivity (Wildman–Crippen MR) is 132 cm³/mol. The molecule has 3 aromatic carbocycles. The minimum atomic E-state index is -4.14. The Morgan fingerprint density at radius 1 is 1.03 bits per heavy atom. The van der Waals surface area contributed by atoms with Gasteiger partial charge >= 0.3 is 0 Å². The normalized spacial score (nSPS) is 11.3. The zero-order valence-corrected chi connectivity index (χ0v) is 20.9. The first-order valence-corrected chi connectivity index (χ1v) is 12.3. The van der Waals surface area contributed by atoms with Crippen molar-refractivity contribution in [3.8, 4) is 5.75 Å². The van der Waals surface area contributed by atoms with E-state index in [1.165, 1.54) is 19.4 Å². The van der Waals surface area contributed by atoms with Gasteiger partial charge in [-0.05, 0) is 48.0 Å². The lowest BCUT2D eigenvalue weighted by Gasteiger charge is -2.24. The van der Waals surface area contributed by atoms with Gasteiger partial charge in [0.15, 0.2) is 0 Å². The molecule has 0 saturated heterocycles. The maximum atomic E-state index is 13.5. The van der Waals surface area contributed by atoms with E-state index in [0.717, 1.165) is 14.3 Å². The Kier molecular flexibility index (Phi) is 8.05. The van der Waals surface area contributed by atoms with E-state index in [4.69, 9.17) is 4.74 Å². The first kappa shape index (κ1) is 24.0. The van der Waals surface area contributed by atoms with E-state index < -0.39 is 22.5 Å². The molecule has 0 aromatic heterocycles. The SMILES string of the molecule is COc1ccc(Br)cc1S(=O)(=O)N(CC(=O)N/N=C\c1ccc(Br)cc1)c1ccccc1. The van der Waals surface area contributed by atoms with Gasteiger partial charge in [-0.15, -0.1) is 0 Å². The van der Waals surface area contributed by atoms with Crippen LogP contribution in [0, 0.1) is 0 Å². The third-order valence-corrected chi connectivity index (χ3v) is 7.11. The minimum absolute atomic E-state index is 0.0654. The van der Waals surface area contributed by atoms with Crippen LogP contribution >= 0.6 is 31.9 Å². The topological polar surface area (TPSA) is 88.1 Å². The number of para-hydroxylation sites is 1. The van der Waals surface area contributed by atoms with Crippen molar-refractivity contribution in [1.29, 1.82) is 0 Å². The van der Waals surface area contributed by atoms with E-state index in [9.17, 15) is 13.2 Å². The smallest absolute Gasteiger partial charge is 0.268 e. The van der Waals surface area contributed by atoms with Crippen LogP contribution in [0.15, 0.2) is 91.7 Å². The van der Waals surface area contributed by atoms with Gasteiger partial charge in [-0.2, -0.15) is 5.10 Å². The van der Waals surface area contributed by atoms with E-state index in [1.54, 1.807) is 42.5 Å². The molecule has 0 bridgehead atoms. The van der Waals surface area contributed by atoms with E-state index in [2.05, 4.69) is 42.4 Å². The molecule has 0 heterocycles. The Bertz CT molecular complexity index is 1220. The van der Waals surface area contributed by atoms with Gasteiger partial charge in [0.2, 0.25) is 0 Å². The van der Waals surface area contributed by atoms with Gasteiger partial charge in [-0.1, -0.05) is 62.2 Å². The van der Waals surface area contributed by atoms with E-state index >= 15 is 0 Å². The zero-order valence-electron chi connectivity index (χ0n) is 16.9. The predicted octanol–water partition coefficient (Wildman–Crippen LogP) is 4.57. The average Bonchev–Trinajstić information content (AvgIpc) is 2.79. The summed E-state index contributed by atoms with van der Waals surface area (Å²) in [7, 11) is -2.75. The third-order valence-electron chi connectivity index (χ3n) is 4.30. The van der Waals surface area contributed by atoms with Crippen molar-refractivity contribution in [3.63, 3.8) is 0 Å².